The van der Waals surface area contributed by atoms with E-state index in [9.17, 15) is 24.0 Å². The Morgan fingerprint density at radius 1 is 1.08 bits per heavy atom. The minimum atomic E-state index is -1.11. The molecule has 4 N–H and O–H groups in total. The van der Waals surface area contributed by atoms with Crippen LogP contribution in [0.5, 0.6) is 0 Å². The van der Waals surface area contributed by atoms with Crippen molar-refractivity contribution in [2.45, 2.75) is 89.9 Å². The molecule has 0 saturated carbocycles. The number of carbonyl (C=O) groups excluding carboxylic acids is 5. The molecule has 4 amide bonds. The number of carbonyl (C=O) groups is 5. The fourth-order valence-electron chi connectivity index (χ4n) is 5.12. The number of benzene rings is 1. The van der Waals surface area contributed by atoms with Crippen molar-refractivity contribution < 1.29 is 28.7 Å². The number of Topliss-reactive ketones (excluding diaryl/α,β-unsaturated/α-hetero) is 1. The Balaban J connectivity index is 1.80. The van der Waals surface area contributed by atoms with Crippen LogP contribution in [0.4, 0.5) is 4.79 Å². The molecule has 202 valence electrons. The van der Waals surface area contributed by atoms with Crippen molar-refractivity contribution in [1.29, 1.82) is 0 Å². The maximum absolute atomic E-state index is 13.9. The van der Waals surface area contributed by atoms with Crippen molar-refractivity contribution >= 4 is 29.6 Å². The van der Waals surface area contributed by atoms with Crippen LogP contribution in [0.3, 0.4) is 0 Å². The lowest BCUT2D eigenvalue weighted by Gasteiger charge is -2.32. The predicted octanol–water partition coefficient (Wildman–Crippen LogP) is 1.63. The molecule has 2 aliphatic rings. The molecule has 1 aromatic rings. The second-order valence-corrected chi connectivity index (χ2v) is 10.8. The van der Waals surface area contributed by atoms with Crippen LogP contribution in [-0.2, 0) is 36.8 Å². The van der Waals surface area contributed by atoms with Gasteiger partial charge in [0.1, 0.15) is 17.7 Å². The molecule has 3 atom stereocenters. The summed E-state index contributed by atoms with van der Waals surface area (Å²) in [4.78, 5) is 64.9. The van der Waals surface area contributed by atoms with E-state index in [1.54, 1.807) is 20.8 Å². The highest BCUT2D eigenvalue weighted by atomic mass is 16.6. The average Bonchev–Trinajstić information content (AvgIpc) is 3.47. The molecule has 1 aliphatic carbocycles. The zero-order valence-corrected chi connectivity index (χ0v) is 22.0. The molecule has 1 fully saturated rings. The van der Waals surface area contributed by atoms with E-state index in [1.807, 2.05) is 31.2 Å². The number of hydrogen-bond donors (Lipinski definition) is 3. The highest BCUT2D eigenvalue weighted by Gasteiger charge is 2.43. The van der Waals surface area contributed by atoms with E-state index in [2.05, 4.69) is 10.6 Å². The van der Waals surface area contributed by atoms with E-state index in [1.165, 1.54) is 4.90 Å². The highest BCUT2D eigenvalue weighted by molar-refractivity contribution is 6.37. The van der Waals surface area contributed by atoms with Gasteiger partial charge in [0, 0.05) is 6.54 Å². The third-order valence-corrected chi connectivity index (χ3v) is 6.78. The normalized spacial score (nSPS) is 19.0. The van der Waals surface area contributed by atoms with Crippen molar-refractivity contribution in [1.82, 2.24) is 15.5 Å². The third kappa shape index (κ3) is 7.08. The highest BCUT2D eigenvalue weighted by Crippen LogP contribution is 2.31. The van der Waals surface area contributed by atoms with Gasteiger partial charge in [0.15, 0.2) is 0 Å². The molecule has 1 heterocycles. The average molecular weight is 515 g/mol. The summed E-state index contributed by atoms with van der Waals surface area (Å²) in [6.07, 6.45) is 2.34. The summed E-state index contributed by atoms with van der Waals surface area (Å²) in [6.45, 7) is 7.40. The molecule has 0 bridgehead atoms. The minimum Gasteiger partial charge on any atom is -0.444 e. The summed E-state index contributed by atoms with van der Waals surface area (Å²) >= 11 is 0. The van der Waals surface area contributed by atoms with Crippen molar-refractivity contribution in [3.8, 4) is 0 Å². The van der Waals surface area contributed by atoms with Crippen LogP contribution in [0, 0.1) is 5.92 Å². The van der Waals surface area contributed by atoms with Gasteiger partial charge in [-0.3, -0.25) is 19.2 Å². The lowest BCUT2D eigenvalue weighted by molar-refractivity contribution is -0.142. The number of amides is 4. The monoisotopic (exact) mass is 514 g/mol. The third-order valence-electron chi connectivity index (χ3n) is 6.78. The van der Waals surface area contributed by atoms with Crippen molar-refractivity contribution in [3.63, 3.8) is 0 Å². The van der Waals surface area contributed by atoms with Gasteiger partial charge >= 0.3 is 6.09 Å². The molecule has 1 aliphatic heterocycles. The first-order valence-corrected chi connectivity index (χ1v) is 12.9. The Bertz CT molecular complexity index is 1020. The fraction of sp³-hybridized carbons (Fsp3) is 0.593. The molecule has 3 unspecified atom stereocenters. The van der Waals surface area contributed by atoms with E-state index >= 15 is 0 Å². The Kier molecular flexibility index (Phi) is 8.94. The van der Waals surface area contributed by atoms with E-state index in [-0.39, 0.29) is 18.2 Å². The number of likely N-dealkylation sites (tertiary alicyclic amines) is 1. The first-order chi connectivity index (χ1) is 17.4. The summed E-state index contributed by atoms with van der Waals surface area (Å²) in [7, 11) is 0. The van der Waals surface area contributed by atoms with Crippen LogP contribution in [0.2, 0.25) is 0 Å². The second-order valence-electron chi connectivity index (χ2n) is 10.8. The van der Waals surface area contributed by atoms with Crippen molar-refractivity contribution in [3.05, 3.63) is 35.4 Å². The molecule has 1 aromatic carbocycles. The van der Waals surface area contributed by atoms with E-state index in [4.69, 9.17) is 10.5 Å². The van der Waals surface area contributed by atoms with Crippen LogP contribution in [-0.4, -0.2) is 64.8 Å². The van der Waals surface area contributed by atoms with Crippen molar-refractivity contribution in [2.24, 2.45) is 11.7 Å². The lowest BCUT2D eigenvalue weighted by Crippen LogP contribution is -2.58. The van der Waals surface area contributed by atoms with Gasteiger partial charge in [-0.2, -0.15) is 0 Å². The Labute approximate surface area is 217 Å². The van der Waals surface area contributed by atoms with Gasteiger partial charge in [0.05, 0.1) is 6.04 Å². The van der Waals surface area contributed by atoms with Gasteiger partial charge in [0.25, 0.3) is 5.91 Å². The number of nitrogens with zero attached hydrogens (tertiary/aromatic N) is 1. The maximum Gasteiger partial charge on any atom is 0.408 e. The summed E-state index contributed by atoms with van der Waals surface area (Å²) in [6, 6.07) is 5.17. The number of fused-ring (bicyclic) bond motifs is 1. The van der Waals surface area contributed by atoms with Crippen LogP contribution in [0.15, 0.2) is 24.3 Å². The van der Waals surface area contributed by atoms with Gasteiger partial charge in [-0.1, -0.05) is 37.6 Å². The summed E-state index contributed by atoms with van der Waals surface area (Å²) < 4.78 is 5.44. The molecule has 10 heteroatoms. The van der Waals surface area contributed by atoms with Crippen LogP contribution in [0.25, 0.3) is 0 Å². The number of hydrogen-bond acceptors (Lipinski definition) is 6. The molecular formula is C27H38N4O6. The van der Waals surface area contributed by atoms with Gasteiger partial charge in [-0.25, -0.2) is 4.79 Å². The molecule has 0 spiro atoms. The van der Waals surface area contributed by atoms with Gasteiger partial charge < -0.3 is 26.0 Å². The smallest absolute Gasteiger partial charge is 0.408 e. The fourth-order valence-corrected chi connectivity index (χ4v) is 5.12. The molecule has 0 radical (unpaired) electrons. The molecule has 3 rings (SSSR count). The minimum absolute atomic E-state index is 0.203. The molecule has 10 nitrogen and oxygen atoms in total. The quantitative estimate of drug-likeness (QED) is 0.427. The topological polar surface area (TPSA) is 148 Å². The van der Waals surface area contributed by atoms with Crippen LogP contribution in [0.1, 0.15) is 64.5 Å². The Morgan fingerprint density at radius 3 is 2.24 bits per heavy atom. The van der Waals surface area contributed by atoms with Crippen LogP contribution < -0.4 is 16.4 Å². The van der Waals surface area contributed by atoms with E-state index in [0.29, 0.717) is 38.6 Å². The zero-order valence-electron chi connectivity index (χ0n) is 22.0. The summed E-state index contributed by atoms with van der Waals surface area (Å²) in [5, 5.41) is 5.41. The summed E-state index contributed by atoms with van der Waals surface area (Å²) in [5.74, 6) is -3.05. The number of nitrogens with one attached hydrogen (secondary N) is 2. The van der Waals surface area contributed by atoms with Crippen LogP contribution >= 0.6 is 0 Å². The SMILES string of the molecule is CCCC(NC(=O)C1CCCN1C(=O)C(NC(=O)OC(C)(C)C)C1Cc2ccccc2C1)C(=O)C(N)=O. The van der Waals surface area contributed by atoms with Gasteiger partial charge in [0.2, 0.25) is 17.6 Å². The molecule has 1 saturated heterocycles. The first-order valence-electron chi connectivity index (χ1n) is 12.9. The predicted molar refractivity (Wildman–Crippen MR) is 136 cm³/mol. The lowest BCUT2D eigenvalue weighted by atomic mass is 9.95. The largest absolute Gasteiger partial charge is 0.444 e. The Hall–Kier alpha value is -3.43. The number of rotatable bonds is 9. The Morgan fingerprint density at radius 2 is 1.70 bits per heavy atom. The first kappa shape index (κ1) is 28.1. The number of nitrogens with two attached hydrogens (primary N) is 1. The number of ether oxygens (including phenoxy) is 1. The van der Waals surface area contributed by atoms with Crippen molar-refractivity contribution in [2.75, 3.05) is 6.54 Å². The van der Waals surface area contributed by atoms with Gasteiger partial charge in [-0.15, -0.1) is 0 Å². The standard InChI is InChI=1S/C27H38N4O6/c1-5-9-19(22(32)23(28)33)29-24(34)20-12-8-13-31(20)25(35)21(30-26(36)37-27(2,3)4)18-14-16-10-6-7-11-17(16)15-18/h6-7,10-11,18-21H,5,8-9,12-15H2,1-4H3,(H2,28,33)(H,29,34)(H,30,36). The molecular weight excluding hydrogens is 476 g/mol. The summed E-state index contributed by atoms with van der Waals surface area (Å²) in [5.41, 5.74) is 6.66. The molecule has 0 aromatic heterocycles. The number of ketones is 1. The number of primary amides is 1. The maximum atomic E-state index is 13.9. The zero-order chi connectivity index (χ0) is 27.3. The van der Waals surface area contributed by atoms with E-state index < -0.39 is 47.4 Å². The second kappa shape index (κ2) is 11.7. The number of alkyl carbamates (subject to hydrolysis) is 1. The molecule has 37 heavy (non-hydrogen) atoms. The van der Waals surface area contributed by atoms with Gasteiger partial charge in [-0.05, 0) is 69.9 Å². The van der Waals surface area contributed by atoms with E-state index in [0.717, 1.165) is 11.1 Å².